The van der Waals surface area contributed by atoms with Gasteiger partial charge in [-0.15, -0.1) is 0 Å². The molecule has 24 heavy (non-hydrogen) atoms. The van der Waals surface area contributed by atoms with Gasteiger partial charge >= 0.3 is 0 Å². The molecule has 1 aliphatic heterocycles. The molecule has 5 nitrogen and oxygen atoms in total. The molecule has 0 amide bonds. The monoisotopic (exact) mass is 318 g/mol. The fourth-order valence-electron chi connectivity index (χ4n) is 3.13. The molecule has 0 saturated heterocycles. The summed E-state index contributed by atoms with van der Waals surface area (Å²) in [7, 11) is 0. The molecule has 0 bridgehead atoms. The number of aromatic amines is 1. The number of aliphatic hydroxyl groups excluding tert-OH is 1. The lowest BCUT2D eigenvalue weighted by Crippen LogP contribution is -2.27. The molecular formula is C19H18N4O. The molecular weight excluding hydrogens is 300 g/mol. The first-order chi connectivity index (χ1) is 11.6. The molecule has 1 aliphatic rings. The van der Waals surface area contributed by atoms with Crippen LogP contribution >= 0.6 is 0 Å². The number of H-pyrrole nitrogens is 1. The molecule has 120 valence electrons. The van der Waals surface area contributed by atoms with Gasteiger partial charge in [0, 0.05) is 5.69 Å². The van der Waals surface area contributed by atoms with Gasteiger partial charge in [0.05, 0.1) is 23.2 Å². The number of aromatic nitrogens is 2. The molecule has 3 N–H and O–H groups in total. The van der Waals surface area contributed by atoms with Gasteiger partial charge < -0.3 is 15.0 Å². The molecule has 0 spiro atoms. The minimum absolute atomic E-state index is 0.167. The van der Waals surface area contributed by atoms with E-state index in [1.165, 1.54) is 0 Å². The highest BCUT2D eigenvalue weighted by Crippen LogP contribution is 2.33. The van der Waals surface area contributed by atoms with Crippen LogP contribution in [-0.4, -0.2) is 27.5 Å². The highest BCUT2D eigenvalue weighted by atomic mass is 16.3. The van der Waals surface area contributed by atoms with Crippen LogP contribution in [0.1, 0.15) is 17.0 Å². The van der Waals surface area contributed by atoms with Crippen LogP contribution in [0.25, 0.3) is 16.6 Å². The number of amidine groups is 1. The van der Waals surface area contributed by atoms with Crippen molar-refractivity contribution in [3.63, 3.8) is 0 Å². The Morgan fingerprint density at radius 1 is 1.12 bits per heavy atom. The molecule has 0 atom stereocenters. The average molecular weight is 318 g/mol. The Hall–Kier alpha value is -3.08. The number of aryl methyl sites for hydroxylation is 1. The van der Waals surface area contributed by atoms with Crippen LogP contribution in [0.4, 0.5) is 5.69 Å². The summed E-state index contributed by atoms with van der Waals surface area (Å²) in [6.07, 6.45) is 0. The predicted octanol–water partition coefficient (Wildman–Crippen LogP) is 3.95. The number of nitrogens with one attached hydrogen (secondary N) is 2. The van der Waals surface area contributed by atoms with E-state index in [4.69, 9.17) is 5.41 Å². The lowest BCUT2D eigenvalue weighted by molar-refractivity contribution is 0.411. The molecule has 2 aromatic carbocycles. The third kappa shape index (κ3) is 2.09. The molecule has 5 heteroatoms. The number of imidazole rings is 1. The van der Waals surface area contributed by atoms with Gasteiger partial charge in [-0.05, 0) is 43.2 Å². The van der Waals surface area contributed by atoms with Crippen LogP contribution in [0.5, 0.6) is 0 Å². The maximum Gasteiger partial charge on any atom is 0.145 e. The Morgan fingerprint density at radius 3 is 2.71 bits per heavy atom. The van der Waals surface area contributed by atoms with Crippen molar-refractivity contribution in [3.05, 3.63) is 65.2 Å². The van der Waals surface area contributed by atoms with Crippen molar-refractivity contribution >= 4 is 28.1 Å². The van der Waals surface area contributed by atoms with E-state index in [9.17, 15) is 5.11 Å². The summed E-state index contributed by atoms with van der Waals surface area (Å²) in [6, 6.07) is 13.7. The number of fused-ring (bicyclic) bond motifs is 1. The molecule has 0 radical (unpaired) electrons. The van der Waals surface area contributed by atoms with Crippen molar-refractivity contribution in [3.8, 4) is 0 Å². The predicted molar refractivity (Wildman–Crippen MR) is 96.6 cm³/mol. The van der Waals surface area contributed by atoms with Crippen molar-refractivity contribution in [1.29, 1.82) is 5.41 Å². The van der Waals surface area contributed by atoms with E-state index in [-0.39, 0.29) is 18.1 Å². The first-order valence-electron chi connectivity index (χ1n) is 7.86. The maximum atomic E-state index is 10.5. The van der Waals surface area contributed by atoms with Gasteiger partial charge in [-0.25, -0.2) is 4.98 Å². The van der Waals surface area contributed by atoms with Gasteiger partial charge in [-0.2, -0.15) is 0 Å². The van der Waals surface area contributed by atoms with Crippen molar-refractivity contribution in [2.45, 2.75) is 13.8 Å². The third-order valence-corrected chi connectivity index (χ3v) is 4.60. The Labute approximate surface area is 139 Å². The first-order valence-corrected chi connectivity index (χ1v) is 7.86. The molecule has 0 aliphatic carbocycles. The topological polar surface area (TPSA) is 76.0 Å². The van der Waals surface area contributed by atoms with Crippen LogP contribution in [0.2, 0.25) is 0 Å². The second kappa shape index (κ2) is 5.23. The number of para-hydroxylation sites is 2. The number of aliphatic hydroxyl groups is 1. The largest absolute Gasteiger partial charge is 0.509 e. The molecule has 1 aromatic heterocycles. The van der Waals surface area contributed by atoms with Crippen LogP contribution in [0.3, 0.4) is 0 Å². The molecule has 2 heterocycles. The SMILES string of the molecule is Cc1cccc(N2CC(O)=C(c3nc4ccccc4[nH]3)C2=N)c1C. The summed E-state index contributed by atoms with van der Waals surface area (Å²) in [4.78, 5) is 9.54. The Bertz CT molecular complexity index is 967. The van der Waals surface area contributed by atoms with Crippen LogP contribution in [0, 0.1) is 19.3 Å². The number of hydrogen-bond acceptors (Lipinski definition) is 3. The maximum absolute atomic E-state index is 10.5. The minimum Gasteiger partial charge on any atom is -0.509 e. The van der Waals surface area contributed by atoms with Crippen molar-refractivity contribution in [2.75, 3.05) is 11.4 Å². The van der Waals surface area contributed by atoms with Crippen molar-refractivity contribution < 1.29 is 5.11 Å². The van der Waals surface area contributed by atoms with Crippen molar-refractivity contribution in [2.24, 2.45) is 0 Å². The summed E-state index contributed by atoms with van der Waals surface area (Å²) < 4.78 is 0. The normalized spacial score (nSPS) is 14.9. The summed E-state index contributed by atoms with van der Waals surface area (Å²) >= 11 is 0. The number of anilines is 1. The molecule has 0 fully saturated rings. The van der Waals surface area contributed by atoms with Gasteiger partial charge in [0.1, 0.15) is 17.4 Å². The molecule has 3 aromatic rings. The zero-order valence-corrected chi connectivity index (χ0v) is 13.6. The molecule has 0 saturated carbocycles. The average Bonchev–Trinajstić information content (AvgIpc) is 3.10. The van der Waals surface area contributed by atoms with E-state index in [2.05, 4.69) is 9.97 Å². The smallest absolute Gasteiger partial charge is 0.145 e. The minimum atomic E-state index is 0.167. The zero-order chi connectivity index (χ0) is 16.8. The van der Waals surface area contributed by atoms with E-state index >= 15 is 0 Å². The van der Waals surface area contributed by atoms with Gasteiger partial charge in [0.25, 0.3) is 0 Å². The summed E-state index contributed by atoms with van der Waals surface area (Å²) in [5, 5.41) is 19.0. The van der Waals surface area contributed by atoms with E-state index in [1.807, 2.05) is 61.2 Å². The van der Waals surface area contributed by atoms with E-state index in [1.54, 1.807) is 0 Å². The standard InChI is InChI=1S/C19H18N4O/c1-11-6-5-9-15(12(11)2)23-10-16(24)17(18(23)20)19-21-13-7-3-4-8-14(13)22-19/h3-9,20,24H,10H2,1-2H3,(H,21,22). The van der Waals surface area contributed by atoms with Gasteiger partial charge in [0.15, 0.2) is 0 Å². The second-order valence-electron chi connectivity index (χ2n) is 6.08. The number of hydrogen-bond donors (Lipinski definition) is 3. The van der Waals surface area contributed by atoms with Crippen LogP contribution in [-0.2, 0) is 0 Å². The Balaban J connectivity index is 1.76. The van der Waals surface area contributed by atoms with E-state index < -0.39 is 0 Å². The molecule has 0 unspecified atom stereocenters. The van der Waals surface area contributed by atoms with E-state index in [0.29, 0.717) is 11.4 Å². The Morgan fingerprint density at radius 2 is 1.92 bits per heavy atom. The zero-order valence-electron chi connectivity index (χ0n) is 13.6. The summed E-state index contributed by atoms with van der Waals surface area (Å²) in [6.45, 7) is 4.37. The Kier molecular flexibility index (Phi) is 3.16. The third-order valence-electron chi connectivity index (χ3n) is 4.60. The second-order valence-corrected chi connectivity index (χ2v) is 6.08. The fourth-order valence-corrected chi connectivity index (χ4v) is 3.13. The van der Waals surface area contributed by atoms with Crippen LogP contribution < -0.4 is 4.90 Å². The lowest BCUT2D eigenvalue weighted by atomic mass is 10.1. The number of rotatable bonds is 2. The lowest BCUT2D eigenvalue weighted by Gasteiger charge is -2.21. The van der Waals surface area contributed by atoms with E-state index in [0.717, 1.165) is 27.8 Å². The van der Waals surface area contributed by atoms with Crippen LogP contribution in [0.15, 0.2) is 48.2 Å². The fraction of sp³-hybridized carbons (Fsp3) is 0.158. The quantitative estimate of drug-likeness (QED) is 0.669. The number of benzene rings is 2. The summed E-state index contributed by atoms with van der Waals surface area (Å²) in [5.41, 5.74) is 5.40. The first kappa shape index (κ1) is 14.5. The number of nitrogens with zero attached hydrogens (tertiary/aromatic N) is 2. The highest BCUT2D eigenvalue weighted by molar-refractivity contribution is 6.30. The highest BCUT2D eigenvalue weighted by Gasteiger charge is 2.32. The van der Waals surface area contributed by atoms with Gasteiger partial charge in [0.2, 0.25) is 0 Å². The van der Waals surface area contributed by atoms with Gasteiger partial charge in [-0.1, -0.05) is 24.3 Å². The van der Waals surface area contributed by atoms with Crippen molar-refractivity contribution in [1.82, 2.24) is 9.97 Å². The van der Waals surface area contributed by atoms with Gasteiger partial charge in [-0.3, -0.25) is 5.41 Å². The molecule has 4 rings (SSSR count). The summed E-state index contributed by atoms with van der Waals surface area (Å²) in [5.74, 6) is 0.965.